The Morgan fingerprint density at radius 3 is 2.56 bits per heavy atom. The van der Waals surface area contributed by atoms with Crippen molar-refractivity contribution in [3.63, 3.8) is 0 Å². The van der Waals surface area contributed by atoms with Crippen LogP contribution in [0.4, 0.5) is 0 Å². The molecule has 1 amide bonds. The van der Waals surface area contributed by atoms with Gasteiger partial charge in [0.05, 0.1) is 43.3 Å². The molecular weight excluding hydrogens is 434 g/mol. The maximum atomic E-state index is 12.7. The molecule has 174 valence electrons. The minimum Gasteiger partial charge on any atom is -0.497 e. The Labute approximate surface area is 188 Å². The maximum absolute atomic E-state index is 12.7. The van der Waals surface area contributed by atoms with Gasteiger partial charge in [-0.2, -0.15) is 0 Å². The first-order valence-corrected chi connectivity index (χ1v) is 12.0. The van der Waals surface area contributed by atoms with Crippen molar-refractivity contribution in [2.24, 2.45) is 0 Å². The molecule has 1 aliphatic rings. The van der Waals surface area contributed by atoms with E-state index in [1.165, 1.54) is 19.2 Å². The predicted molar refractivity (Wildman–Crippen MR) is 118 cm³/mol. The zero-order valence-corrected chi connectivity index (χ0v) is 18.8. The summed E-state index contributed by atoms with van der Waals surface area (Å²) in [5, 5.41) is 12.6. The predicted octanol–water partition coefficient (Wildman–Crippen LogP) is 1.03. The first kappa shape index (κ1) is 24.1. The molecule has 2 aromatic rings. The molecule has 1 aliphatic heterocycles. The number of nitrogens with one attached hydrogen (secondary N) is 2. The van der Waals surface area contributed by atoms with Crippen LogP contribution in [-0.2, 0) is 26.0 Å². The Hall–Kier alpha value is -2.53. The van der Waals surface area contributed by atoms with Crippen LogP contribution in [0.25, 0.3) is 0 Å². The van der Waals surface area contributed by atoms with Crippen LogP contribution in [0.1, 0.15) is 24.8 Å². The molecule has 3 N–H and O–H groups in total. The Balaban J connectivity index is 1.48. The molecule has 1 saturated heterocycles. The van der Waals surface area contributed by atoms with E-state index >= 15 is 0 Å². The van der Waals surface area contributed by atoms with Crippen molar-refractivity contribution in [3.8, 4) is 5.75 Å². The van der Waals surface area contributed by atoms with Crippen LogP contribution in [0.2, 0.25) is 0 Å². The minimum atomic E-state index is -3.79. The first-order chi connectivity index (χ1) is 15.4. The van der Waals surface area contributed by atoms with Gasteiger partial charge in [-0.25, -0.2) is 13.1 Å². The Bertz CT molecular complexity index is 969. The van der Waals surface area contributed by atoms with Gasteiger partial charge in [0, 0.05) is 18.9 Å². The van der Waals surface area contributed by atoms with Gasteiger partial charge in [0.15, 0.2) is 0 Å². The number of benzene rings is 1. The maximum Gasteiger partial charge on any atom is 0.240 e. The topological polar surface area (TPSA) is 127 Å². The molecule has 0 spiro atoms. The van der Waals surface area contributed by atoms with E-state index in [4.69, 9.17) is 9.47 Å². The van der Waals surface area contributed by atoms with Gasteiger partial charge in [0.25, 0.3) is 0 Å². The number of methoxy groups -OCH3 is 1. The van der Waals surface area contributed by atoms with Crippen molar-refractivity contribution in [1.29, 1.82) is 0 Å². The smallest absolute Gasteiger partial charge is 0.240 e. The number of aliphatic hydroxyl groups excluding tert-OH is 1. The van der Waals surface area contributed by atoms with Crippen LogP contribution in [0, 0.1) is 0 Å². The summed E-state index contributed by atoms with van der Waals surface area (Å²) < 4.78 is 38.9. The largest absolute Gasteiger partial charge is 0.497 e. The van der Waals surface area contributed by atoms with E-state index in [1.807, 2.05) is 12.1 Å². The van der Waals surface area contributed by atoms with Gasteiger partial charge in [-0.05, 0) is 61.2 Å². The number of nitrogens with zero attached hydrogens (tertiary/aromatic N) is 1. The molecular formula is C22H29N3O6S. The minimum absolute atomic E-state index is 0.102. The summed E-state index contributed by atoms with van der Waals surface area (Å²) >= 11 is 0. The lowest BCUT2D eigenvalue weighted by Crippen LogP contribution is -2.51. The fraction of sp³-hybridized carbons (Fsp3) is 0.455. The summed E-state index contributed by atoms with van der Waals surface area (Å²) in [7, 11) is -2.28. The highest BCUT2D eigenvalue weighted by atomic mass is 32.2. The molecule has 1 fully saturated rings. The van der Waals surface area contributed by atoms with Crippen LogP contribution < -0.4 is 14.8 Å². The first-order valence-electron chi connectivity index (χ1n) is 10.5. The van der Waals surface area contributed by atoms with Gasteiger partial charge >= 0.3 is 0 Å². The van der Waals surface area contributed by atoms with Crippen molar-refractivity contribution < 1.29 is 27.8 Å². The van der Waals surface area contributed by atoms with E-state index in [0.29, 0.717) is 31.6 Å². The van der Waals surface area contributed by atoms with Crippen LogP contribution in [0.3, 0.4) is 0 Å². The highest BCUT2D eigenvalue weighted by Crippen LogP contribution is 2.24. The second-order valence-electron chi connectivity index (χ2n) is 7.62. The van der Waals surface area contributed by atoms with Crippen molar-refractivity contribution >= 4 is 15.9 Å². The molecule has 9 nitrogen and oxygen atoms in total. The number of rotatable bonds is 10. The quantitative estimate of drug-likeness (QED) is 0.480. The Morgan fingerprint density at radius 2 is 1.91 bits per heavy atom. The zero-order valence-electron chi connectivity index (χ0n) is 17.9. The van der Waals surface area contributed by atoms with Gasteiger partial charge in [0.2, 0.25) is 15.9 Å². The molecule has 1 aromatic heterocycles. The van der Waals surface area contributed by atoms with Crippen molar-refractivity contribution in [2.45, 2.75) is 48.8 Å². The van der Waals surface area contributed by atoms with E-state index in [-0.39, 0.29) is 29.9 Å². The van der Waals surface area contributed by atoms with Gasteiger partial charge in [-0.3, -0.25) is 9.78 Å². The number of sulfonamides is 1. The summed E-state index contributed by atoms with van der Waals surface area (Å²) in [4.78, 5) is 16.3. The molecule has 3 rings (SSSR count). The van der Waals surface area contributed by atoms with Crippen LogP contribution >= 0.6 is 0 Å². The molecule has 0 unspecified atom stereocenters. The standard InChI is InChI=1S/C22H29N3O6S/c1-30-17-2-5-19(6-3-17)32(28,29)25-20-7-4-18(31-21(20)15-26)14-22(27)24-13-10-16-8-11-23-12-9-16/h2-3,5-6,8-9,11-12,18,20-21,25-26H,4,7,10,13-15H2,1H3,(H,24,27)/t18-,20-,21+/m0/s1. The molecule has 32 heavy (non-hydrogen) atoms. The molecule has 0 radical (unpaired) electrons. The molecule has 0 bridgehead atoms. The number of amides is 1. The normalized spacial score (nSPS) is 21.1. The molecule has 3 atom stereocenters. The lowest BCUT2D eigenvalue weighted by molar-refractivity contribution is -0.130. The third-order valence-corrected chi connectivity index (χ3v) is 6.88. The third kappa shape index (κ3) is 6.73. The fourth-order valence-electron chi connectivity index (χ4n) is 3.61. The van der Waals surface area contributed by atoms with Crippen molar-refractivity contribution in [1.82, 2.24) is 15.0 Å². The van der Waals surface area contributed by atoms with E-state index in [1.54, 1.807) is 24.5 Å². The summed E-state index contributed by atoms with van der Waals surface area (Å²) in [6.45, 7) is 0.152. The monoisotopic (exact) mass is 463 g/mol. The average molecular weight is 464 g/mol. The zero-order chi connectivity index (χ0) is 23.0. The van der Waals surface area contributed by atoms with Gasteiger partial charge < -0.3 is 19.9 Å². The average Bonchev–Trinajstić information content (AvgIpc) is 2.80. The second kappa shape index (κ2) is 11.4. The number of hydrogen-bond donors (Lipinski definition) is 3. The Kier molecular flexibility index (Phi) is 8.57. The lowest BCUT2D eigenvalue weighted by atomic mass is 9.98. The number of ether oxygens (including phenoxy) is 2. The van der Waals surface area contributed by atoms with Crippen LogP contribution in [0.15, 0.2) is 53.7 Å². The van der Waals surface area contributed by atoms with Gasteiger partial charge in [0.1, 0.15) is 5.75 Å². The highest BCUT2D eigenvalue weighted by molar-refractivity contribution is 7.89. The Morgan fingerprint density at radius 1 is 1.19 bits per heavy atom. The number of carbonyl (C=O) groups excluding carboxylic acids is 1. The lowest BCUT2D eigenvalue weighted by Gasteiger charge is -2.35. The molecule has 0 aliphatic carbocycles. The molecule has 2 heterocycles. The van der Waals surface area contributed by atoms with Crippen LogP contribution in [0.5, 0.6) is 5.75 Å². The number of pyridine rings is 1. The molecule has 0 saturated carbocycles. The van der Waals surface area contributed by atoms with Gasteiger partial charge in [-0.1, -0.05) is 0 Å². The molecule has 10 heteroatoms. The number of aromatic nitrogens is 1. The van der Waals surface area contributed by atoms with E-state index in [9.17, 15) is 18.3 Å². The number of hydrogen-bond acceptors (Lipinski definition) is 7. The summed E-state index contributed by atoms with van der Waals surface area (Å²) in [5.41, 5.74) is 1.08. The third-order valence-electron chi connectivity index (χ3n) is 5.37. The highest BCUT2D eigenvalue weighted by Gasteiger charge is 2.34. The number of carbonyl (C=O) groups is 1. The van der Waals surface area contributed by atoms with Crippen molar-refractivity contribution in [2.75, 3.05) is 20.3 Å². The fourth-order valence-corrected chi connectivity index (χ4v) is 4.91. The van der Waals surface area contributed by atoms with Gasteiger partial charge in [-0.15, -0.1) is 0 Å². The summed E-state index contributed by atoms with van der Waals surface area (Å²) in [6, 6.07) is 9.26. The van der Waals surface area contributed by atoms with Crippen molar-refractivity contribution in [3.05, 3.63) is 54.4 Å². The van der Waals surface area contributed by atoms with E-state index in [0.717, 1.165) is 5.56 Å². The number of aliphatic hydroxyl groups is 1. The van der Waals surface area contributed by atoms with Crippen LogP contribution in [-0.4, -0.2) is 62.9 Å². The SMILES string of the molecule is COc1ccc(S(=O)(=O)N[C@H]2CC[C@@H](CC(=O)NCCc3ccncc3)O[C@@H]2CO)cc1. The summed E-state index contributed by atoms with van der Waals surface area (Å²) in [6.07, 6.45) is 4.13. The van der Waals surface area contributed by atoms with E-state index < -0.39 is 22.2 Å². The second-order valence-corrected chi connectivity index (χ2v) is 9.33. The molecule has 1 aromatic carbocycles. The van der Waals surface area contributed by atoms with E-state index in [2.05, 4.69) is 15.0 Å². The summed E-state index contributed by atoms with van der Waals surface area (Å²) in [5.74, 6) is 0.415.